The SMILES string of the molecule is Cc1ccc(CC2COCCC2N)cc1C. The summed E-state index contributed by atoms with van der Waals surface area (Å²) in [6, 6.07) is 6.98. The van der Waals surface area contributed by atoms with Crippen LogP contribution in [0.1, 0.15) is 23.1 Å². The summed E-state index contributed by atoms with van der Waals surface area (Å²) in [5.74, 6) is 0.482. The molecule has 2 heteroatoms. The molecule has 2 rings (SSSR count). The standard InChI is InChI=1S/C14H21NO/c1-10-3-4-12(7-11(10)2)8-13-9-16-6-5-14(13)15/h3-4,7,13-14H,5-6,8-9,15H2,1-2H3. The monoisotopic (exact) mass is 219 g/mol. The summed E-state index contributed by atoms with van der Waals surface area (Å²) in [5.41, 5.74) is 10.2. The molecule has 2 nitrogen and oxygen atoms in total. The third-order valence-electron chi connectivity index (χ3n) is 3.60. The van der Waals surface area contributed by atoms with Gasteiger partial charge in [0.25, 0.3) is 0 Å². The van der Waals surface area contributed by atoms with Crippen LogP contribution in [0.15, 0.2) is 18.2 Å². The number of nitrogens with two attached hydrogens (primary N) is 1. The number of aryl methyl sites for hydroxylation is 2. The highest BCUT2D eigenvalue weighted by atomic mass is 16.5. The van der Waals surface area contributed by atoms with E-state index in [1.165, 1.54) is 16.7 Å². The van der Waals surface area contributed by atoms with Gasteiger partial charge in [-0.2, -0.15) is 0 Å². The molecule has 1 fully saturated rings. The topological polar surface area (TPSA) is 35.2 Å². The van der Waals surface area contributed by atoms with Crippen LogP contribution in [-0.4, -0.2) is 19.3 Å². The van der Waals surface area contributed by atoms with Crippen molar-refractivity contribution in [2.45, 2.75) is 32.7 Å². The molecular formula is C14H21NO. The second-order valence-corrected chi connectivity index (χ2v) is 4.91. The van der Waals surface area contributed by atoms with Crippen molar-refractivity contribution in [3.63, 3.8) is 0 Å². The summed E-state index contributed by atoms with van der Waals surface area (Å²) >= 11 is 0. The van der Waals surface area contributed by atoms with E-state index in [1.807, 2.05) is 0 Å². The Morgan fingerprint density at radius 2 is 2.12 bits per heavy atom. The summed E-state index contributed by atoms with van der Waals surface area (Å²) in [6.07, 6.45) is 2.04. The lowest BCUT2D eigenvalue weighted by Gasteiger charge is -2.28. The van der Waals surface area contributed by atoms with E-state index in [0.29, 0.717) is 12.0 Å². The second-order valence-electron chi connectivity index (χ2n) is 4.91. The zero-order valence-corrected chi connectivity index (χ0v) is 10.2. The van der Waals surface area contributed by atoms with Gasteiger partial charge < -0.3 is 10.5 Å². The summed E-state index contributed by atoms with van der Waals surface area (Å²) in [6.45, 7) is 5.95. The molecule has 1 heterocycles. The van der Waals surface area contributed by atoms with Gasteiger partial charge in [-0.15, -0.1) is 0 Å². The van der Waals surface area contributed by atoms with E-state index in [-0.39, 0.29) is 0 Å². The maximum absolute atomic E-state index is 6.11. The number of hydrogen-bond acceptors (Lipinski definition) is 2. The fraction of sp³-hybridized carbons (Fsp3) is 0.571. The second kappa shape index (κ2) is 4.98. The Kier molecular flexibility index (Phi) is 3.62. The van der Waals surface area contributed by atoms with Crippen molar-refractivity contribution in [2.24, 2.45) is 11.7 Å². The highest BCUT2D eigenvalue weighted by molar-refractivity contribution is 5.30. The zero-order chi connectivity index (χ0) is 11.5. The van der Waals surface area contributed by atoms with Crippen LogP contribution in [0.5, 0.6) is 0 Å². The molecule has 88 valence electrons. The van der Waals surface area contributed by atoms with Gasteiger partial charge >= 0.3 is 0 Å². The molecule has 0 amide bonds. The fourth-order valence-electron chi connectivity index (χ4n) is 2.26. The molecule has 1 aromatic rings. The Balaban J connectivity index is 2.05. The summed E-state index contributed by atoms with van der Waals surface area (Å²) in [7, 11) is 0. The average molecular weight is 219 g/mol. The first-order valence-electron chi connectivity index (χ1n) is 6.06. The largest absolute Gasteiger partial charge is 0.381 e. The highest BCUT2D eigenvalue weighted by Gasteiger charge is 2.22. The van der Waals surface area contributed by atoms with E-state index in [1.54, 1.807) is 0 Å². The van der Waals surface area contributed by atoms with Crippen LogP contribution in [0.4, 0.5) is 0 Å². The van der Waals surface area contributed by atoms with E-state index < -0.39 is 0 Å². The van der Waals surface area contributed by atoms with Gasteiger partial charge in [0.1, 0.15) is 0 Å². The van der Waals surface area contributed by atoms with Gasteiger partial charge in [0.15, 0.2) is 0 Å². The molecule has 0 aliphatic carbocycles. The van der Waals surface area contributed by atoms with Gasteiger partial charge in [0.2, 0.25) is 0 Å². The average Bonchev–Trinajstić information content (AvgIpc) is 2.27. The van der Waals surface area contributed by atoms with E-state index in [0.717, 1.165) is 26.1 Å². The number of rotatable bonds is 2. The Bertz CT molecular complexity index is 362. The predicted molar refractivity (Wildman–Crippen MR) is 66.5 cm³/mol. The van der Waals surface area contributed by atoms with E-state index in [2.05, 4.69) is 32.0 Å². The minimum absolute atomic E-state index is 0.301. The van der Waals surface area contributed by atoms with Crippen LogP contribution in [0.3, 0.4) is 0 Å². The molecule has 2 unspecified atom stereocenters. The first-order chi connectivity index (χ1) is 7.66. The van der Waals surface area contributed by atoms with Crippen LogP contribution in [-0.2, 0) is 11.2 Å². The van der Waals surface area contributed by atoms with Gasteiger partial charge in [0.05, 0.1) is 6.61 Å². The van der Waals surface area contributed by atoms with Gasteiger partial charge in [-0.05, 0) is 43.4 Å². The van der Waals surface area contributed by atoms with Crippen LogP contribution in [0, 0.1) is 19.8 Å². The first-order valence-corrected chi connectivity index (χ1v) is 6.06. The predicted octanol–water partition coefficient (Wildman–Crippen LogP) is 2.21. The van der Waals surface area contributed by atoms with Crippen LogP contribution in [0.2, 0.25) is 0 Å². The molecule has 0 spiro atoms. The molecule has 1 aromatic carbocycles. The van der Waals surface area contributed by atoms with Crippen molar-refractivity contribution in [1.29, 1.82) is 0 Å². The third-order valence-corrected chi connectivity index (χ3v) is 3.60. The summed E-state index contributed by atoms with van der Waals surface area (Å²) in [4.78, 5) is 0. The van der Waals surface area contributed by atoms with Gasteiger partial charge in [-0.25, -0.2) is 0 Å². The lowest BCUT2D eigenvalue weighted by molar-refractivity contribution is 0.0422. The summed E-state index contributed by atoms with van der Waals surface area (Å²) < 4.78 is 5.50. The Morgan fingerprint density at radius 3 is 2.81 bits per heavy atom. The molecule has 0 radical (unpaired) electrons. The normalized spacial score (nSPS) is 25.7. The zero-order valence-electron chi connectivity index (χ0n) is 10.2. The molecule has 1 aliphatic rings. The van der Waals surface area contributed by atoms with E-state index >= 15 is 0 Å². The number of hydrogen-bond donors (Lipinski definition) is 1. The number of benzene rings is 1. The Morgan fingerprint density at radius 1 is 1.31 bits per heavy atom. The molecule has 16 heavy (non-hydrogen) atoms. The first kappa shape index (κ1) is 11.6. The smallest absolute Gasteiger partial charge is 0.0512 e. The number of ether oxygens (including phenoxy) is 1. The van der Waals surface area contributed by atoms with Crippen LogP contribution >= 0.6 is 0 Å². The minimum atomic E-state index is 0.301. The minimum Gasteiger partial charge on any atom is -0.381 e. The van der Waals surface area contributed by atoms with Crippen molar-refractivity contribution in [1.82, 2.24) is 0 Å². The lowest BCUT2D eigenvalue weighted by atomic mass is 9.89. The Labute approximate surface area is 97.8 Å². The summed E-state index contributed by atoms with van der Waals surface area (Å²) in [5, 5.41) is 0. The van der Waals surface area contributed by atoms with Crippen LogP contribution in [0.25, 0.3) is 0 Å². The van der Waals surface area contributed by atoms with Crippen molar-refractivity contribution in [2.75, 3.05) is 13.2 Å². The Hall–Kier alpha value is -0.860. The van der Waals surface area contributed by atoms with Crippen molar-refractivity contribution in [3.8, 4) is 0 Å². The third kappa shape index (κ3) is 2.63. The molecule has 0 bridgehead atoms. The fourth-order valence-corrected chi connectivity index (χ4v) is 2.26. The molecular weight excluding hydrogens is 198 g/mol. The van der Waals surface area contributed by atoms with E-state index in [4.69, 9.17) is 10.5 Å². The maximum Gasteiger partial charge on any atom is 0.0512 e. The molecule has 2 N–H and O–H groups in total. The molecule has 1 saturated heterocycles. The van der Waals surface area contributed by atoms with Crippen molar-refractivity contribution < 1.29 is 4.74 Å². The lowest BCUT2D eigenvalue weighted by Crippen LogP contribution is -2.39. The molecule has 1 aliphatic heterocycles. The van der Waals surface area contributed by atoms with Crippen LogP contribution < -0.4 is 5.73 Å². The molecule has 2 atom stereocenters. The highest BCUT2D eigenvalue weighted by Crippen LogP contribution is 2.19. The molecule has 0 aromatic heterocycles. The van der Waals surface area contributed by atoms with E-state index in [9.17, 15) is 0 Å². The van der Waals surface area contributed by atoms with Gasteiger partial charge in [0, 0.05) is 18.6 Å². The van der Waals surface area contributed by atoms with Crippen molar-refractivity contribution in [3.05, 3.63) is 34.9 Å². The quantitative estimate of drug-likeness (QED) is 0.827. The maximum atomic E-state index is 6.11. The van der Waals surface area contributed by atoms with Gasteiger partial charge in [-0.1, -0.05) is 18.2 Å². The molecule has 0 saturated carbocycles. The van der Waals surface area contributed by atoms with Crippen molar-refractivity contribution >= 4 is 0 Å². The van der Waals surface area contributed by atoms with Gasteiger partial charge in [-0.3, -0.25) is 0 Å².